The molecule has 1 aromatic heterocycles. The van der Waals surface area contributed by atoms with E-state index in [1.807, 2.05) is 0 Å². The van der Waals surface area contributed by atoms with E-state index in [1.165, 1.54) is 11.8 Å². The third-order valence-corrected chi connectivity index (χ3v) is 4.26. The number of rotatable bonds is 4. The van der Waals surface area contributed by atoms with Crippen molar-refractivity contribution in [3.05, 3.63) is 52.3 Å². The van der Waals surface area contributed by atoms with Crippen LogP contribution in [0.25, 0.3) is 6.08 Å². The van der Waals surface area contributed by atoms with Crippen LogP contribution >= 0.6 is 23.4 Å². The number of furan rings is 1. The number of carbonyl (C=O) groups is 1. The van der Waals surface area contributed by atoms with E-state index in [-0.39, 0.29) is 11.4 Å². The molecule has 2 aromatic rings. The minimum Gasteiger partial charge on any atom is -0.495 e. The largest absolute Gasteiger partial charge is 0.495 e. The van der Waals surface area contributed by atoms with Crippen molar-refractivity contribution >= 4 is 41.0 Å². The van der Waals surface area contributed by atoms with Crippen molar-refractivity contribution in [1.29, 1.82) is 0 Å². The van der Waals surface area contributed by atoms with Gasteiger partial charge in [0.25, 0.3) is 5.91 Å². The molecule has 0 saturated carbocycles. The fourth-order valence-corrected chi connectivity index (χ4v) is 3.13. The highest BCUT2D eigenvalue weighted by atomic mass is 35.5. The summed E-state index contributed by atoms with van der Waals surface area (Å²) in [7, 11) is 1.58. The molecule has 1 unspecified atom stereocenters. The third-order valence-electron chi connectivity index (χ3n) is 3.00. The van der Waals surface area contributed by atoms with Crippen molar-refractivity contribution in [2.75, 3.05) is 12.4 Å². The summed E-state index contributed by atoms with van der Waals surface area (Å²) in [5.41, 5.74) is 0.410. The van der Waals surface area contributed by atoms with Gasteiger partial charge < -0.3 is 19.8 Å². The molecule has 1 aliphatic heterocycles. The number of hydrogen-bond donors (Lipinski definition) is 2. The van der Waals surface area contributed by atoms with Gasteiger partial charge in [-0.15, -0.1) is 0 Å². The van der Waals surface area contributed by atoms with Gasteiger partial charge in [-0.2, -0.15) is 0 Å². The second kappa shape index (κ2) is 6.37. The Labute approximate surface area is 136 Å². The molecule has 114 valence electrons. The predicted octanol–water partition coefficient (Wildman–Crippen LogP) is 3.54. The number of nitrogens with one attached hydrogen (secondary N) is 2. The quantitative estimate of drug-likeness (QED) is 0.836. The first-order valence-electron chi connectivity index (χ1n) is 6.48. The average Bonchev–Trinajstić information content (AvgIpc) is 3.10. The van der Waals surface area contributed by atoms with E-state index in [0.29, 0.717) is 27.1 Å². The first-order valence-corrected chi connectivity index (χ1v) is 7.74. The summed E-state index contributed by atoms with van der Waals surface area (Å²) in [6.45, 7) is 0. The van der Waals surface area contributed by atoms with E-state index in [9.17, 15) is 4.79 Å². The van der Waals surface area contributed by atoms with Crippen LogP contribution in [0.1, 0.15) is 5.76 Å². The Morgan fingerprint density at radius 2 is 2.32 bits per heavy atom. The van der Waals surface area contributed by atoms with E-state index >= 15 is 0 Å². The van der Waals surface area contributed by atoms with Crippen LogP contribution in [0.15, 0.2) is 45.9 Å². The number of hydrogen-bond acceptors (Lipinski definition) is 5. The van der Waals surface area contributed by atoms with Crippen molar-refractivity contribution in [2.24, 2.45) is 0 Å². The van der Waals surface area contributed by atoms with Gasteiger partial charge in [-0.05, 0) is 30.3 Å². The van der Waals surface area contributed by atoms with E-state index in [4.69, 9.17) is 20.8 Å². The molecule has 1 aromatic carbocycles. The summed E-state index contributed by atoms with van der Waals surface area (Å²) >= 11 is 7.37. The average molecular weight is 337 g/mol. The van der Waals surface area contributed by atoms with Crippen molar-refractivity contribution < 1.29 is 13.9 Å². The summed E-state index contributed by atoms with van der Waals surface area (Å²) in [6.07, 6.45) is 3.27. The molecule has 1 fully saturated rings. The SMILES string of the molecule is COc1ccc(Cl)cc1NC1NC(=O)/C(=C/c2ccco2)S1. The zero-order valence-electron chi connectivity index (χ0n) is 11.6. The summed E-state index contributed by atoms with van der Waals surface area (Å²) < 4.78 is 10.5. The Hall–Kier alpha value is -2.05. The molecular formula is C15H13ClN2O3S. The van der Waals surface area contributed by atoms with Crippen LogP contribution in [-0.2, 0) is 4.79 Å². The van der Waals surface area contributed by atoms with Gasteiger partial charge in [0.2, 0.25) is 0 Å². The molecule has 22 heavy (non-hydrogen) atoms. The number of methoxy groups -OCH3 is 1. The van der Waals surface area contributed by atoms with Gasteiger partial charge >= 0.3 is 0 Å². The Bertz CT molecular complexity index is 716. The van der Waals surface area contributed by atoms with E-state index < -0.39 is 0 Å². The van der Waals surface area contributed by atoms with Crippen LogP contribution in [0.5, 0.6) is 5.75 Å². The van der Waals surface area contributed by atoms with Gasteiger partial charge in [0.15, 0.2) is 5.50 Å². The maximum absolute atomic E-state index is 12.0. The lowest BCUT2D eigenvalue weighted by Gasteiger charge is -2.15. The molecule has 1 amide bonds. The van der Waals surface area contributed by atoms with Crippen LogP contribution in [0.4, 0.5) is 5.69 Å². The number of benzene rings is 1. The third kappa shape index (κ3) is 3.23. The van der Waals surface area contributed by atoms with Gasteiger partial charge in [-0.3, -0.25) is 4.79 Å². The molecule has 1 aliphatic rings. The number of anilines is 1. The van der Waals surface area contributed by atoms with Crippen molar-refractivity contribution in [1.82, 2.24) is 5.32 Å². The van der Waals surface area contributed by atoms with Gasteiger partial charge in [-0.25, -0.2) is 0 Å². The monoisotopic (exact) mass is 336 g/mol. The van der Waals surface area contributed by atoms with Crippen molar-refractivity contribution in [2.45, 2.75) is 5.50 Å². The molecule has 0 spiro atoms. The first kappa shape index (κ1) is 14.9. The van der Waals surface area contributed by atoms with Crippen LogP contribution in [0, 0.1) is 0 Å². The maximum Gasteiger partial charge on any atom is 0.260 e. The molecule has 3 rings (SSSR count). The van der Waals surface area contributed by atoms with Crippen LogP contribution in [0.2, 0.25) is 5.02 Å². The standard InChI is InChI=1S/C15H13ClN2O3S/c1-20-12-5-4-9(16)7-11(12)17-15-18-14(19)13(22-15)8-10-3-2-6-21-10/h2-8,15,17H,1H3,(H,18,19)/b13-8-. The Morgan fingerprint density at radius 1 is 1.45 bits per heavy atom. The summed E-state index contributed by atoms with van der Waals surface area (Å²) in [5.74, 6) is 1.14. The molecule has 0 aliphatic carbocycles. The van der Waals surface area contributed by atoms with Crippen molar-refractivity contribution in [3.8, 4) is 5.75 Å². The van der Waals surface area contributed by atoms with Crippen LogP contribution in [0.3, 0.4) is 0 Å². The zero-order valence-corrected chi connectivity index (χ0v) is 13.2. The van der Waals surface area contributed by atoms with Gasteiger partial charge in [0, 0.05) is 11.1 Å². The number of thioether (sulfide) groups is 1. The lowest BCUT2D eigenvalue weighted by atomic mass is 10.3. The van der Waals surface area contributed by atoms with Crippen LogP contribution < -0.4 is 15.4 Å². The molecular weight excluding hydrogens is 324 g/mol. The highest BCUT2D eigenvalue weighted by molar-refractivity contribution is 8.05. The lowest BCUT2D eigenvalue weighted by Crippen LogP contribution is -2.31. The number of halogens is 1. The number of amides is 1. The molecule has 0 radical (unpaired) electrons. The summed E-state index contributed by atoms with van der Waals surface area (Å²) in [5, 5.41) is 6.62. The molecule has 5 nitrogen and oxygen atoms in total. The summed E-state index contributed by atoms with van der Waals surface area (Å²) in [6, 6.07) is 8.83. The smallest absolute Gasteiger partial charge is 0.260 e. The molecule has 2 heterocycles. The van der Waals surface area contributed by atoms with Gasteiger partial charge in [0.05, 0.1) is 24.0 Å². The maximum atomic E-state index is 12.0. The van der Waals surface area contributed by atoms with E-state index in [1.54, 1.807) is 49.8 Å². The second-order valence-corrected chi connectivity index (χ2v) is 6.07. The Kier molecular flexibility index (Phi) is 4.31. The van der Waals surface area contributed by atoms with Crippen molar-refractivity contribution in [3.63, 3.8) is 0 Å². The Morgan fingerprint density at radius 3 is 3.05 bits per heavy atom. The number of ether oxygens (including phenoxy) is 1. The topological polar surface area (TPSA) is 63.5 Å². The predicted molar refractivity (Wildman–Crippen MR) is 87.8 cm³/mol. The van der Waals surface area contributed by atoms with E-state index in [2.05, 4.69) is 10.6 Å². The minimum atomic E-state index is -0.305. The molecule has 0 bridgehead atoms. The second-order valence-electron chi connectivity index (χ2n) is 4.48. The summed E-state index contributed by atoms with van der Waals surface area (Å²) in [4.78, 5) is 12.6. The molecule has 1 atom stereocenters. The highest BCUT2D eigenvalue weighted by Gasteiger charge is 2.28. The molecule has 7 heteroatoms. The van der Waals surface area contributed by atoms with Gasteiger partial charge in [0.1, 0.15) is 11.5 Å². The van der Waals surface area contributed by atoms with Crippen LogP contribution in [-0.4, -0.2) is 18.5 Å². The fraction of sp³-hybridized carbons (Fsp3) is 0.133. The zero-order chi connectivity index (χ0) is 15.5. The van der Waals surface area contributed by atoms with E-state index in [0.717, 1.165) is 0 Å². The normalized spacial score (nSPS) is 19.3. The number of carbonyl (C=O) groups excluding carboxylic acids is 1. The molecule has 2 N–H and O–H groups in total. The Balaban J connectivity index is 1.75. The minimum absolute atomic E-state index is 0.153. The lowest BCUT2D eigenvalue weighted by molar-refractivity contribution is -0.116. The fourth-order valence-electron chi connectivity index (χ4n) is 2.00. The van der Waals surface area contributed by atoms with Gasteiger partial charge in [-0.1, -0.05) is 23.4 Å². The first-order chi connectivity index (χ1) is 10.7. The highest BCUT2D eigenvalue weighted by Crippen LogP contribution is 2.34. The molecule has 1 saturated heterocycles.